The third kappa shape index (κ3) is 3.48. The van der Waals surface area contributed by atoms with Crippen LogP contribution >= 0.6 is 0 Å². The van der Waals surface area contributed by atoms with Gasteiger partial charge >= 0.3 is 11.9 Å². The quantitative estimate of drug-likeness (QED) is 0.516. The van der Waals surface area contributed by atoms with E-state index in [4.69, 9.17) is 9.15 Å². The molecule has 2 aromatic rings. The first-order valence-electron chi connectivity index (χ1n) is 6.34. The molecule has 8 nitrogen and oxygen atoms in total. The Hall–Kier alpha value is -3.16. The summed E-state index contributed by atoms with van der Waals surface area (Å²) in [6.45, 7) is 1.98. The zero-order chi connectivity index (χ0) is 16.1. The molecule has 0 radical (unpaired) electrons. The van der Waals surface area contributed by atoms with E-state index in [0.29, 0.717) is 11.3 Å². The van der Waals surface area contributed by atoms with E-state index in [2.05, 4.69) is 5.32 Å². The van der Waals surface area contributed by atoms with Crippen LogP contribution in [-0.2, 0) is 4.74 Å². The first-order valence-corrected chi connectivity index (χ1v) is 6.34. The maximum absolute atomic E-state index is 11.9. The van der Waals surface area contributed by atoms with Gasteiger partial charge in [0.1, 0.15) is 4.92 Å². The number of anilines is 1. The highest BCUT2D eigenvalue weighted by Crippen LogP contribution is 2.17. The summed E-state index contributed by atoms with van der Waals surface area (Å²) >= 11 is 0. The average Bonchev–Trinajstić information content (AvgIpc) is 2.98. The summed E-state index contributed by atoms with van der Waals surface area (Å²) in [4.78, 5) is 33.1. The van der Waals surface area contributed by atoms with E-state index in [1.165, 1.54) is 30.3 Å². The Labute approximate surface area is 124 Å². The molecule has 0 bridgehead atoms. The fraction of sp³-hybridized carbons (Fsp3) is 0.143. The Kier molecular flexibility index (Phi) is 4.52. The first-order chi connectivity index (χ1) is 10.5. The molecule has 1 aromatic carbocycles. The normalized spacial score (nSPS) is 10.0. The van der Waals surface area contributed by atoms with Crippen LogP contribution in [0.3, 0.4) is 0 Å². The molecule has 1 amide bonds. The molecule has 1 aromatic heterocycles. The van der Waals surface area contributed by atoms with Crippen LogP contribution in [0.2, 0.25) is 0 Å². The van der Waals surface area contributed by atoms with Gasteiger partial charge in [0.2, 0.25) is 0 Å². The number of carbonyl (C=O) groups excluding carboxylic acids is 2. The standard InChI is InChI=1S/C14H12N2O6/c1-2-21-14(18)9-3-5-10(6-4-9)15-13(17)11-7-8-12(22-11)16(19)20/h3-8H,2H2,1H3,(H,15,17). The minimum Gasteiger partial charge on any atom is -0.462 e. The number of ether oxygens (including phenoxy) is 1. The third-order valence-electron chi connectivity index (χ3n) is 2.65. The van der Waals surface area contributed by atoms with Crippen molar-refractivity contribution in [2.45, 2.75) is 6.92 Å². The monoisotopic (exact) mass is 304 g/mol. The van der Waals surface area contributed by atoms with Gasteiger partial charge in [0.15, 0.2) is 5.76 Å². The van der Waals surface area contributed by atoms with Crippen molar-refractivity contribution in [3.05, 3.63) is 57.8 Å². The Morgan fingerprint density at radius 3 is 2.45 bits per heavy atom. The zero-order valence-corrected chi connectivity index (χ0v) is 11.6. The summed E-state index contributed by atoms with van der Waals surface area (Å²) in [6.07, 6.45) is 0. The van der Waals surface area contributed by atoms with Gasteiger partial charge in [-0.3, -0.25) is 14.9 Å². The maximum atomic E-state index is 11.9. The van der Waals surface area contributed by atoms with Crippen LogP contribution in [0.4, 0.5) is 11.6 Å². The fourth-order valence-corrected chi connectivity index (χ4v) is 1.64. The Morgan fingerprint density at radius 1 is 1.23 bits per heavy atom. The van der Waals surface area contributed by atoms with Crippen molar-refractivity contribution in [3.8, 4) is 0 Å². The van der Waals surface area contributed by atoms with Crippen LogP contribution in [0.15, 0.2) is 40.8 Å². The number of esters is 1. The number of hydrogen-bond donors (Lipinski definition) is 1. The molecule has 2 rings (SSSR count). The van der Waals surface area contributed by atoms with E-state index in [1.54, 1.807) is 6.92 Å². The number of nitrogens with one attached hydrogen (secondary N) is 1. The van der Waals surface area contributed by atoms with Gasteiger partial charge in [-0.25, -0.2) is 4.79 Å². The highest BCUT2D eigenvalue weighted by molar-refractivity contribution is 6.02. The van der Waals surface area contributed by atoms with Crippen molar-refractivity contribution in [2.24, 2.45) is 0 Å². The molecular formula is C14H12N2O6. The minimum absolute atomic E-state index is 0.179. The molecule has 0 saturated carbocycles. The molecule has 0 fully saturated rings. The van der Waals surface area contributed by atoms with Crippen molar-refractivity contribution in [3.63, 3.8) is 0 Å². The summed E-state index contributed by atoms with van der Waals surface area (Å²) in [7, 11) is 0. The predicted octanol–water partition coefficient (Wildman–Crippen LogP) is 2.62. The van der Waals surface area contributed by atoms with Crippen LogP contribution in [0.5, 0.6) is 0 Å². The molecule has 114 valence electrons. The van der Waals surface area contributed by atoms with Crippen LogP contribution < -0.4 is 5.32 Å². The van der Waals surface area contributed by atoms with Gasteiger partial charge in [-0.05, 0) is 37.3 Å². The number of nitrogens with zero attached hydrogens (tertiary/aromatic N) is 1. The molecule has 22 heavy (non-hydrogen) atoms. The van der Waals surface area contributed by atoms with E-state index in [1.807, 2.05) is 0 Å². The second kappa shape index (κ2) is 6.53. The fourth-order valence-electron chi connectivity index (χ4n) is 1.64. The van der Waals surface area contributed by atoms with Crippen molar-refractivity contribution >= 4 is 23.4 Å². The predicted molar refractivity (Wildman–Crippen MR) is 75.7 cm³/mol. The SMILES string of the molecule is CCOC(=O)c1ccc(NC(=O)c2ccc([N+](=O)[O-])o2)cc1. The number of amides is 1. The third-order valence-corrected chi connectivity index (χ3v) is 2.65. The van der Waals surface area contributed by atoms with Crippen LogP contribution in [0, 0.1) is 10.1 Å². The number of benzene rings is 1. The van der Waals surface area contributed by atoms with Gasteiger partial charge in [0.25, 0.3) is 5.91 Å². The number of hydrogen-bond acceptors (Lipinski definition) is 6. The zero-order valence-electron chi connectivity index (χ0n) is 11.6. The molecule has 0 aliphatic rings. The Bertz CT molecular complexity index is 704. The van der Waals surface area contributed by atoms with Crippen molar-refractivity contribution in [1.82, 2.24) is 0 Å². The molecule has 0 unspecified atom stereocenters. The van der Waals surface area contributed by atoms with E-state index in [-0.39, 0.29) is 12.4 Å². The summed E-state index contributed by atoms with van der Waals surface area (Å²) in [5.41, 5.74) is 0.769. The summed E-state index contributed by atoms with van der Waals surface area (Å²) < 4.78 is 9.63. The molecule has 0 aliphatic carbocycles. The van der Waals surface area contributed by atoms with Gasteiger partial charge in [-0.15, -0.1) is 0 Å². The van der Waals surface area contributed by atoms with E-state index >= 15 is 0 Å². The smallest absolute Gasteiger partial charge is 0.433 e. The molecule has 0 aliphatic heterocycles. The lowest BCUT2D eigenvalue weighted by atomic mass is 10.2. The van der Waals surface area contributed by atoms with Crippen molar-refractivity contribution in [2.75, 3.05) is 11.9 Å². The van der Waals surface area contributed by atoms with E-state index in [9.17, 15) is 19.7 Å². The number of carbonyl (C=O) groups is 2. The van der Waals surface area contributed by atoms with Gasteiger partial charge in [0.05, 0.1) is 18.2 Å². The van der Waals surface area contributed by atoms with Crippen LogP contribution in [-0.4, -0.2) is 23.4 Å². The summed E-state index contributed by atoms with van der Waals surface area (Å²) in [5.74, 6) is -1.78. The van der Waals surface area contributed by atoms with Crippen LogP contribution in [0.25, 0.3) is 0 Å². The Morgan fingerprint density at radius 2 is 1.91 bits per heavy atom. The average molecular weight is 304 g/mol. The minimum atomic E-state index is -0.731. The molecule has 0 saturated heterocycles. The first kappa shape index (κ1) is 15.2. The maximum Gasteiger partial charge on any atom is 0.433 e. The molecule has 1 N–H and O–H groups in total. The van der Waals surface area contributed by atoms with Gasteiger partial charge in [-0.2, -0.15) is 0 Å². The number of rotatable bonds is 5. The summed E-state index contributed by atoms with van der Waals surface area (Å²) in [6, 6.07) is 8.33. The lowest BCUT2D eigenvalue weighted by molar-refractivity contribution is -0.402. The number of nitro groups is 1. The van der Waals surface area contributed by atoms with Crippen molar-refractivity contribution < 1.29 is 23.7 Å². The highest BCUT2D eigenvalue weighted by atomic mass is 16.6. The second-order valence-corrected chi connectivity index (χ2v) is 4.15. The lowest BCUT2D eigenvalue weighted by Gasteiger charge is -2.05. The van der Waals surface area contributed by atoms with Crippen molar-refractivity contribution in [1.29, 1.82) is 0 Å². The second-order valence-electron chi connectivity index (χ2n) is 4.15. The Balaban J connectivity index is 2.05. The molecule has 8 heteroatoms. The molecule has 0 atom stereocenters. The summed E-state index contributed by atoms with van der Waals surface area (Å²) in [5, 5.41) is 13.0. The van der Waals surface area contributed by atoms with Crippen LogP contribution in [0.1, 0.15) is 27.8 Å². The van der Waals surface area contributed by atoms with Gasteiger partial charge in [0, 0.05) is 5.69 Å². The largest absolute Gasteiger partial charge is 0.462 e. The van der Waals surface area contributed by atoms with Gasteiger partial charge < -0.3 is 14.5 Å². The highest BCUT2D eigenvalue weighted by Gasteiger charge is 2.17. The van der Waals surface area contributed by atoms with E-state index in [0.717, 1.165) is 6.07 Å². The lowest BCUT2D eigenvalue weighted by Crippen LogP contribution is -2.11. The topological polar surface area (TPSA) is 112 Å². The number of furan rings is 1. The molecule has 0 spiro atoms. The van der Waals surface area contributed by atoms with Gasteiger partial charge in [-0.1, -0.05) is 0 Å². The van der Waals surface area contributed by atoms with E-state index < -0.39 is 22.7 Å². The molecular weight excluding hydrogens is 292 g/mol. The molecule has 1 heterocycles.